The van der Waals surface area contributed by atoms with Crippen LogP contribution in [0.2, 0.25) is 0 Å². The number of hydrogen-bond acceptors (Lipinski definition) is 5. The molecule has 3 aliphatic rings. The van der Waals surface area contributed by atoms with Crippen molar-refractivity contribution in [3.63, 3.8) is 0 Å². The summed E-state index contributed by atoms with van der Waals surface area (Å²) in [4.78, 5) is 0. The van der Waals surface area contributed by atoms with Crippen LogP contribution in [0.5, 0.6) is 0 Å². The zero-order valence-corrected chi connectivity index (χ0v) is 21.5. The lowest BCUT2D eigenvalue weighted by atomic mass is 10.0. The van der Waals surface area contributed by atoms with Crippen molar-refractivity contribution in [3.8, 4) is 0 Å². The first-order chi connectivity index (χ1) is 16.5. The Morgan fingerprint density at radius 2 is 1.32 bits per heavy atom. The topological polar surface area (TPSA) is 74.7 Å². The van der Waals surface area contributed by atoms with Crippen molar-refractivity contribution < 1.29 is 4.74 Å². The number of aromatic nitrogens is 6. The second kappa shape index (κ2) is 11.3. The van der Waals surface area contributed by atoms with E-state index in [2.05, 4.69) is 55.4 Å². The van der Waals surface area contributed by atoms with Crippen molar-refractivity contribution in [3.05, 3.63) is 52.4 Å². The van der Waals surface area contributed by atoms with E-state index in [1.807, 2.05) is 25.6 Å². The molecule has 2 unspecified atom stereocenters. The summed E-state index contributed by atoms with van der Waals surface area (Å²) in [6.07, 6.45) is 14.7. The molecule has 0 spiro atoms. The van der Waals surface area contributed by atoms with Crippen LogP contribution < -0.4 is 5.32 Å². The van der Waals surface area contributed by atoms with Gasteiger partial charge in [0.2, 0.25) is 0 Å². The smallest absolute Gasteiger partial charge is 0.0771 e. The minimum absolute atomic E-state index is 0.358. The third kappa shape index (κ3) is 5.61. The van der Waals surface area contributed by atoms with Gasteiger partial charge in [-0.05, 0) is 89.5 Å². The number of hydrogen-bond donors (Lipinski definition) is 1. The first-order valence-corrected chi connectivity index (χ1v) is 12.7. The standard InChI is InChI=1S/C9H15N3.C9H14N2O.C8H12N2/c1-7-5-11-12-6-8(10-2)3-4-9(7)12;1-7-5-10-11-6-8(12-2)3-4-9(7)11;1-7-6-9-10-5-3-2-4-8(7)10/h5,8,10H,3-4,6H2,1-2H3;5,8H,3-4,6H2,1-2H3;6H,2-5H2,1H3. The summed E-state index contributed by atoms with van der Waals surface area (Å²) < 4.78 is 11.6. The number of aryl methyl sites for hydroxylation is 4. The van der Waals surface area contributed by atoms with Crippen molar-refractivity contribution in [2.24, 2.45) is 0 Å². The number of fused-ring (bicyclic) bond motifs is 3. The van der Waals surface area contributed by atoms with Gasteiger partial charge in [-0.3, -0.25) is 14.0 Å². The van der Waals surface area contributed by atoms with Gasteiger partial charge in [0.25, 0.3) is 0 Å². The molecule has 8 heteroatoms. The fraction of sp³-hybridized carbons (Fsp3) is 0.654. The Morgan fingerprint density at radius 1 is 0.765 bits per heavy atom. The molecule has 0 amide bonds. The highest BCUT2D eigenvalue weighted by molar-refractivity contribution is 5.18. The predicted octanol–water partition coefficient (Wildman–Crippen LogP) is 3.41. The molecule has 3 aromatic rings. The molecule has 0 fully saturated rings. The van der Waals surface area contributed by atoms with Gasteiger partial charge in [-0.1, -0.05) is 0 Å². The lowest BCUT2D eigenvalue weighted by Gasteiger charge is -2.23. The third-order valence-electron chi connectivity index (χ3n) is 7.45. The van der Waals surface area contributed by atoms with Crippen LogP contribution in [-0.2, 0) is 43.6 Å². The molecule has 6 heterocycles. The van der Waals surface area contributed by atoms with Gasteiger partial charge in [-0.15, -0.1) is 0 Å². The van der Waals surface area contributed by atoms with Crippen LogP contribution in [0.25, 0.3) is 0 Å². The maximum atomic E-state index is 5.30. The number of ether oxygens (including phenoxy) is 1. The van der Waals surface area contributed by atoms with Gasteiger partial charge < -0.3 is 10.1 Å². The van der Waals surface area contributed by atoms with Crippen LogP contribution in [0.3, 0.4) is 0 Å². The van der Waals surface area contributed by atoms with E-state index in [-0.39, 0.29) is 0 Å². The SMILES string of the molecule is CNC1CCc2c(C)cnn2C1.COC1CCc2c(C)cnn2C1.Cc1cnn2c1CCCC2. The Morgan fingerprint density at radius 3 is 1.91 bits per heavy atom. The molecule has 2 atom stereocenters. The van der Waals surface area contributed by atoms with Crippen LogP contribution in [-0.4, -0.2) is 55.6 Å². The molecule has 6 rings (SSSR count). The maximum absolute atomic E-state index is 5.30. The van der Waals surface area contributed by atoms with E-state index in [0.29, 0.717) is 12.1 Å². The van der Waals surface area contributed by atoms with E-state index in [1.165, 1.54) is 59.5 Å². The highest BCUT2D eigenvalue weighted by Crippen LogP contribution is 2.19. The fourth-order valence-corrected chi connectivity index (χ4v) is 5.17. The molecule has 0 aliphatic carbocycles. The van der Waals surface area contributed by atoms with E-state index >= 15 is 0 Å². The largest absolute Gasteiger partial charge is 0.380 e. The minimum atomic E-state index is 0.358. The van der Waals surface area contributed by atoms with Crippen molar-refractivity contribution in [1.82, 2.24) is 34.7 Å². The van der Waals surface area contributed by atoms with Gasteiger partial charge in [0, 0.05) is 36.8 Å². The summed E-state index contributed by atoms with van der Waals surface area (Å²) in [5, 5.41) is 16.2. The maximum Gasteiger partial charge on any atom is 0.0771 e. The Labute approximate surface area is 203 Å². The van der Waals surface area contributed by atoms with Crippen LogP contribution in [0.4, 0.5) is 0 Å². The van der Waals surface area contributed by atoms with Crippen LogP contribution in [0.1, 0.15) is 59.5 Å². The molecule has 0 aromatic carbocycles. The molecule has 8 nitrogen and oxygen atoms in total. The van der Waals surface area contributed by atoms with Crippen LogP contribution >= 0.6 is 0 Å². The summed E-state index contributed by atoms with van der Waals surface area (Å²) in [6, 6.07) is 0.608. The molecule has 34 heavy (non-hydrogen) atoms. The molecular weight excluding hydrogens is 426 g/mol. The zero-order valence-electron chi connectivity index (χ0n) is 21.5. The first-order valence-electron chi connectivity index (χ1n) is 12.7. The van der Waals surface area contributed by atoms with Gasteiger partial charge in [-0.2, -0.15) is 15.3 Å². The minimum Gasteiger partial charge on any atom is -0.380 e. The first kappa shape index (κ1) is 24.7. The Hall–Kier alpha value is -2.45. The van der Waals surface area contributed by atoms with E-state index < -0.39 is 0 Å². The van der Waals surface area contributed by atoms with Crippen molar-refractivity contribution >= 4 is 0 Å². The third-order valence-corrected chi connectivity index (χ3v) is 7.45. The van der Waals surface area contributed by atoms with Crippen molar-refractivity contribution in [2.45, 2.75) is 97.5 Å². The molecule has 0 saturated heterocycles. The highest BCUT2D eigenvalue weighted by atomic mass is 16.5. The monoisotopic (exact) mass is 467 g/mol. The summed E-state index contributed by atoms with van der Waals surface area (Å²) in [6.45, 7) is 9.47. The number of nitrogens with one attached hydrogen (secondary N) is 1. The molecule has 0 bridgehead atoms. The second-order valence-corrected chi connectivity index (χ2v) is 9.79. The lowest BCUT2D eigenvalue weighted by molar-refractivity contribution is 0.0672. The van der Waals surface area contributed by atoms with Gasteiger partial charge in [0.05, 0.1) is 37.8 Å². The van der Waals surface area contributed by atoms with E-state index in [0.717, 1.165) is 38.9 Å². The Bertz CT molecular complexity index is 1010. The Balaban J connectivity index is 0.000000121. The second-order valence-electron chi connectivity index (χ2n) is 9.79. The molecule has 186 valence electrons. The summed E-state index contributed by atoms with van der Waals surface area (Å²) in [5.74, 6) is 0. The molecular formula is C26H41N7O. The summed E-state index contributed by atoms with van der Waals surface area (Å²) in [5.41, 5.74) is 8.25. The van der Waals surface area contributed by atoms with Gasteiger partial charge in [-0.25, -0.2) is 0 Å². The number of rotatable bonds is 2. The van der Waals surface area contributed by atoms with Gasteiger partial charge >= 0.3 is 0 Å². The molecule has 3 aromatic heterocycles. The highest BCUT2D eigenvalue weighted by Gasteiger charge is 2.20. The van der Waals surface area contributed by atoms with Gasteiger partial charge in [0.1, 0.15) is 0 Å². The zero-order chi connectivity index (χ0) is 24.1. The van der Waals surface area contributed by atoms with E-state index in [9.17, 15) is 0 Å². The molecule has 0 saturated carbocycles. The van der Waals surface area contributed by atoms with Crippen LogP contribution in [0, 0.1) is 20.8 Å². The normalized spacial score (nSPS) is 20.7. The van der Waals surface area contributed by atoms with E-state index in [4.69, 9.17) is 4.74 Å². The summed E-state index contributed by atoms with van der Waals surface area (Å²) >= 11 is 0. The number of nitrogens with zero attached hydrogens (tertiary/aromatic N) is 6. The molecule has 0 radical (unpaired) electrons. The van der Waals surface area contributed by atoms with Crippen molar-refractivity contribution in [1.29, 1.82) is 0 Å². The number of likely N-dealkylation sites (N-methyl/N-ethyl adjacent to an activating group) is 1. The number of methoxy groups -OCH3 is 1. The molecule has 3 aliphatic heterocycles. The van der Waals surface area contributed by atoms with Crippen molar-refractivity contribution in [2.75, 3.05) is 14.2 Å². The fourth-order valence-electron chi connectivity index (χ4n) is 5.17. The summed E-state index contributed by atoms with van der Waals surface area (Å²) in [7, 11) is 3.79. The van der Waals surface area contributed by atoms with Gasteiger partial charge in [0.15, 0.2) is 0 Å². The Kier molecular flexibility index (Phi) is 8.21. The lowest BCUT2D eigenvalue weighted by Crippen LogP contribution is -2.35. The molecule has 1 N–H and O–H groups in total. The predicted molar refractivity (Wildman–Crippen MR) is 134 cm³/mol. The quantitative estimate of drug-likeness (QED) is 0.625. The van der Waals surface area contributed by atoms with E-state index in [1.54, 1.807) is 7.11 Å². The van der Waals surface area contributed by atoms with Crippen LogP contribution in [0.15, 0.2) is 18.6 Å². The average molecular weight is 468 g/mol. The average Bonchev–Trinajstić information content (AvgIpc) is 3.56.